The van der Waals surface area contributed by atoms with Crippen molar-refractivity contribution in [2.45, 2.75) is 26.9 Å². The summed E-state index contributed by atoms with van der Waals surface area (Å²) in [6.45, 7) is 7.44. The molecule has 3 heteroatoms. The number of fused-ring (bicyclic) bond motifs is 1. The molecule has 0 amide bonds. The molecule has 0 radical (unpaired) electrons. The predicted octanol–water partition coefficient (Wildman–Crippen LogP) is 3.50. The molecule has 18 heavy (non-hydrogen) atoms. The van der Waals surface area contributed by atoms with E-state index in [0.29, 0.717) is 0 Å². The van der Waals surface area contributed by atoms with Gasteiger partial charge in [-0.2, -0.15) is 11.8 Å². The lowest BCUT2D eigenvalue weighted by Crippen LogP contribution is -2.13. The standard InChI is InChI=1S/C15H22N2S/c1-3-16-12-14-7-5-6-13-8-9-17(15(13)14)10-11-18-4-2/h5-9,16H,3-4,10-12H2,1-2H3. The van der Waals surface area contributed by atoms with Gasteiger partial charge in [-0.05, 0) is 29.3 Å². The van der Waals surface area contributed by atoms with Crippen molar-refractivity contribution >= 4 is 22.7 Å². The van der Waals surface area contributed by atoms with E-state index in [-0.39, 0.29) is 0 Å². The summed E-state index contributed by atoms with van der Waals surface area (Å²) in [5.41, 5.74) is 2.80. The number of benzene rings is 1. The average Bonchev–Trinajstić information content (AvgIpc) is 2.81. The summed E-state index contributed by atoms with van der Waals surface area (Å²) < 4.78 is 2.39. The van der Waals surface area contributed by atoms with Crippen LogP contribution in [0.25, 0.3) is 10.9 Å². The topological polar surface area (TPSA) is 17.0 Å². The third-order valence-electron chi connectivity index (χ3n) is 3.12. The SMILES string of the molecule is CCNCc1cccc2ccn(CCSCC)c12. The van der Waals surface area contributed by atoms with Crippen molar-refractivity contribution < 1.29 is 0 Å². The molecule has 2 aromatic rings. The highest BCUT2D eigenvalue weighted by molar-refractivity contribution is 7.99. The number of aromatic nitrogens is 1. The van der Waals surface area contributed by atoms with E-state index in [1.165, 1.54) is 28.0 Å². The molecule has 0 fully saturated rings. The minimum atomic E-state index is 0.957. The molecule has 1 N–H and O–H groups in total. The van der Waals surface area contributed by atoms with Gasteiger partial charge in [0.1, 0.15) is 0 Å². The number of hydrogen-bond acceptors (Lipinski definition) is 2. The van der Waals surface area contributed by atoms with Crippen molar-refractivity contribution in [2.24, 2.45) is 0 Å². The normalized spacial score (nSPS) is 11.2. The van der Waals surface area contributed by atoms with E-state index >= 15 is 0 Å². The zero-order valence-electron chi connectivity index (χ0n) is 11.3. The fraction of sp³-hybridized carbons (Fsp3) is 0.467. The summed E-state index contributed by atoms with van der Waals surface area (Å²) in [7, 11) is 0. The van der Waals surface area contributed by atoms with Crippen molar-refractivity contribution in [3.8, 4) is 0 Å². The summed E-state index contributed by atoms with van der Waals surface area (Å²) in [6, 6.07) is 8.81. The van der Waals surface area contributed by atoms with E-state index in [1.807, 2.05) is 11.8 Å². The molecule has 0 saturated heterocycles. The molecule has 98 valence electrons. The molecule has 0 aliphatic rings. The molecule has 0 aliphatic heterocycles. The van der Waals surface area contributed by atoms with Crippen LogP contribution in [0, 0.1) is 0 Å². The highest BCUT2D eigenvalue weighted by Crippen LogP contribution is 2.21. The maximum atomic E-state index is 3.42. The molecule has 0 unspecified atom stereocenters. The van der Waals surface area contributed by atoms with Gasteiger partial charge in [0.25, 0.3) is 0 Å². The zero-order valence-corrected chi connectivity index (χ0v) is 12.1. The minimum absolute atomic E-state index is 0.957. The molecule has 2 nitrogen and oxygen atoms in total. The molecular formula is C15H22N2S. The molecule has 0 saturated carbocycles. The summed E-state index contributed by atoms with van der Waals surface area (Å²) in [4.78, 5) is 0. The Morgan fingerprint density at radius 1 is 1.22 bits per heavy atom. The van der Waals surface area contributed by atoms with Crippen molar-refractivity contribution in [1.82, 2.24) is 9.88 Å². The Kier molecular flexibility index (Phi) is 5.14. The number of nitrogens with one attached hydrogen (secondary N) is 1. The molecule has 1 aromatic heterocycles. The summed E-state index contributed by atoms with van der Waals surface area (Å²) >= 11 is 2.00. The Hall–Kier alpha value is -0.930. The van der Waals surface area contributed by atoms with Gasteiger partial charge in [0.15, 0.2) is 0 Å². The summed E-state index contributed by atoms with van der Waals surface area (Å²) in [6.07, 6.45) is 2.22. The van der Waals surface area contributed by atoms with Gasteiger partial charge < -0.3 is 9.88 Å². The Bertz CT molecular complexity index is 490. The van der Waals surface area contributed by atoms with Gasteiger partial charge >= 0.3 is 0 Å². The zero-order chi connectivity index (χ0) is 12.8. The smallest absolute Gasteiger partial charge is 0.0526 e. The lowest BCUT2D eigenvalue weighted by atomic mass is 10.1. The van der Waals surface area contributed by atoms with Crippen LogP contribution in [0.15, 0.2) is 30.5 Å². The lowest BCUT2D eigenvalue weighted by Gasteiger charge is -2.10. The first kappa shape index (κ1) is 13.5. The van der Waals surface area contributed by atoms with Crippen molar-refractivity contribution in [3.05, 3.63) is 36.0 Å². The van der Waals surface area contributed by atoms with Gasteiger partial charge in [-0.3, -0.25) is 0 Å². The number of thioether (sulfide) groups is 1. The highest BCUT2D eigenvalue weighted by atomic mass is 32.2. The van der Waals surface area contributed by atoms with E-state index in [0.717, 1.165) is 19.6 Å². The van der Waals surface area contributed by atoms with Crippen LogP contribution in [0.4, 0.5) is 0 Å². The maximum absolute atomic E-state index is 3.42. The molecule has 0 bridgehead atoms. The van der Waals surface area contributed by atoms with Crippen LogP contribution < -0.4 is 5.32 Å². The Balaban J connectivity index is 2.23. The first-order chi connectivity index (χ1) is 8.86. The average molecular weight is 262 g/mol. The largest absolute Gasteiger partial charge is 0.346 e. The predicted molar refractivity (Wildman–Crippen MR) is 82.3 cm³/mol. The number of nitrogens with zero attached hydrogens (tertiary/aromatic N) is 1. The summed E-state index contributed by atoms with van der Waals surface area (Å²) in [5.74, 6) is 2.39. The van der Waals surface area contributed by atoms with Crippen molar-refractivity contribution in [3.63, 3.8) is 0 Å². The maximum Gasteiger partial charge on any atom is 0.0526 e. The third kappa shape index (κ3) is 3.09. The fourth-order valence-electron chi connectivity index (χ4n) is 2.24. The lowest BCUT2D eigenvalue weighted by molar-refractivity contribution is 0.722. The molecule has 0 spiro atoms. The number of hydrogen-bond donors (Lipinski definition) is 1. The first-order valence-electron chi connectivity index (χ1n) is 6.72. The van der Waals surface area contributed by atoms with Gasteiger partial charge in [0.2, 0.25) is 0 Å². The molecule has 1 heterocycles. The van der Waals surface area contributed by atoms with E-state index in [1.54, 1.807) is 0 Å². The minimum Gasteiger partial charge on any atom is -0.346 e. The Morgan fingerprint density at radius 3 is 2.89 bits per heavy atom. The Labute approximate surface area is 114 Å². The van der Waals surface area contributed by atoms with E-state index in [2.05, 4.69) is 54.2 Å². The van der Waals surface area contributed by atoms with Crippen LogP contribution in [0.2, 0.25) is 0 Å². The monoisotopic (exact) mass is 262 g/mol. The second-order valence-electron chi connectivity index (χ2n) is 4.34. The quantitative estimate of drug-likeness (QED) is 0.769. The van der Waals surface area contributed by atoms with Crippen molar-refractivity contribution in [2.75, 3.05) is 18.1 Å². The van der Waals surface area contributed by atoms with Crippen LogP contribution in [0.5, 0.6) is 0 Å². The van der Waals surface area contributed by atoms with Crippen LogP contribution in [-0.2, 0) is 13.1 Å². The number of aryl methyl sites for hydroxylation is 1. The van der Waals surface area contributed by atoms with Crippen LogP contribution >= 0.6 is 11.8 Å². The highest BCUT2D eigenvalue weighted by Gasteiger charge is 2.05. The third-order valence-corrected chi connectivity index (χ3v) is 4.00. The van der Waals surface area contributed by atoms with E-state index in [4.69, 9.17) is 0 Å². The molecule has 2 rings (SSSR count). The first-order valence-corrected chi connectivity index (χ1v) is 7.87. The number of rotatable bonds is 7. The van der Waals surface area contributed by atoms with Gasteiger partial charge in [0, 0.05) is 25.0 Å². The van der Waals surface area contributed by atoms with E-state index in [9.17, 15) is 0 Å². The van der Waals surface area contributed by atoms with Gasteiger partial charge in [-0.15, -0.1) is 0 Å². The van der Waals surface area contributed by atoms with Crippen LogP contribution in [-0.4, -0.2) is 22.6 Å². The van der Waals surface area contributed by atoms with E-state index < -0.39 is 0 Å². The van der Waals surface area contributed by atoms with Gasteiger partial charge in [-0.1, -0.05) is 32.0 Å². The molecule has 1 aromatic carbocycles. The van der Waals surface area contributed by atoms with Gasteiger partial charge in [-0.25, -0.2) is 0 Å². The van der Waals surface area contributed by atoms with Crippen LogP contribution in [0.3, 0.4) is 0 Å². The second-order valence-corrected chi connectivity index (χ2v) is 5.74. The van der Waals surface area contributed by atoms with Crippen molar-refractivity contribution in [1.29, 1.82) is 0 Å². The summed E-state index contributed by atoms with van der Waals surface area (Å²) in [5, 5.41) is 4.78. The molecular weight excluding hydrogens is 240 g/mol. The number of para-hydroxylation sites is 1. The van der Waals surface area contributed by atoms with Gasteiger partial charge in [0.05, 0.1) is 5.52 Å². The molecule has 0 atom stereocenters. The second kappa shape index (κ2) is 6.86. The fourth-order valence-corrected chi connectivity index (χ4v) is 2.85. The van der Waals surface area contributed by atoms with Crippen LogP contribution in [0.1, 0.15) is 19.4 Å². The Morgan fingerprint density at radius 2 is 2.11 bits per heavy atom. The molecule has 0 aliphatic carbocycles.